The number of anilines is 1. The van der Waals surface area contributed by atoms with Gasteiger partial charge in [-0.15, -0.1) is 0 Å². The molecule has 0 radical (unpaired) electrons. The van der Waals surface area contributed by atoms with Crippen LogP contribution < -0.4 is 16.1 Å². The fraction of sp³-hybridized carbons (Fsp3) is 0.565. The second-order valence-corrected chi connectivity index (χ2v) is 10.2. The highest BCUT2D eigenvalue weighted by Crippen LogP contribution is 2.38. The predicted molar refractivity (Wildman–Crippen MR) is 116 cm³/mol. The van der Waals surface area contributed by atoms with E-state index in [2.05, 4.69) is 38.3 Å². The summed E-state index contributed by atoms with van der Waals surface area (Å²) in [7, 11) is 0. The molecule has 1 saturated heterocycles. The van der Waals surface area contributed by atoms with E-state index in [1.807, 2.05) is 4.57 Å². The van der Waals surface area contributed by atoms with Gasteiger partial charge in [-0.05, 0) is 71.4 Å². The van der Waals surface area contributed by atoms with Crippen LogP contribution in [-0.4, -0.2) is 33.3 Å². The molecule has 0 atom stereocenters. The number of rotatable bonds is 5. The van der Waals surface area contributed by atoms with E-state index in [0.29, 0.717) is 23.7 Å². The number of hydrogen-bond acceptors (Lipinski definition) is 4. The number of piperidine rings is 1. The molecule has 0 spiro atoms. The molecule has 7 heteroatoms. The zero-order valence-electron chi connectivity index (χ0n) is 18.0. The molecule has 6 nitrogen and oxygen atoms in total. The van der Waals surface area contributed by atoms with Crippen molar-refractivity contribution in [1.29, 1.82) is 0 Å². The van der Waals surface area contributed by atoms with Gasteiger partial charge in [-0.1, -0.05) is 0 Å². The van der Waals surface area contributed by atoms with E-state index in [1.54, 1.807) is 6.07 Å². The average Bonchev–Trinajstić information content (AvgIpc) is 3.43. The van der Waals surface area contributed by atoms with Crippen LogP contribution in [0, 0.1) is 11.7 Å². The van der Waals surface area contributed by atoms with Gasteiger partial charge < -0.3 is 20.3 Å². The smallest absolute Gasteiger partial charge is 0.341 e. The van der Waals surface area contributed by atoms with Crippen LogP contribution in [0.25, 0.3) is 10.9 Å². The largest absolute Gasteiger partial charge is 0.477 e. The molecule has 1 aromatic heterocycles. The van der Waals surface area contributed by atoms with Crippen molar-refractivity contribution in [3.05, 3.63) is 39.9 Å². The van der Waals surface area contributed by atoms with E-state index in [9.17, 15) is 19.1 Å². The number of halogens is 1. The number of hydrogen-bond donors (Lipinski definition) is 3. The van der Waals surface area contributed by atoms with E-state index in [4.69, 9.17) is 0 Å². The molecule has 0 bridgehead atoms. The first kappa shape index (κ1) is 20.8. The zero-order chi connectivity index (χ0) is 21.8. The highest BCUT2D eigenvalue weighted by atomic mass is 19.1. The first-order valence-corrected chi connectivity index (χ1v) is 10.6. The Morgan fingerprint density at radius 3 is 2.43 bits per heavy atom. The number of aromatic carboxylic acids is 1. The lowest BCUT2D eigenvalue weighted by molar-refractivity contribution is 0.0694. The van der Waals surface area contributed by atoms with Crippen molar-refractivity contribution in [3.8, 4) is 0 Å². The van der Waals surface area contributed by atoms with Gasteiger partial charge in [0.2, 0.25) is 5.43 Å². The van der Waals surface area contributed by atoms with E-state index in [1.165, 1.54) is 12.3 Å². The summed E-state index contributed by atoms with van der Waals surface area (Å²) < 4.78 is 16.7. The molecule has 2 aromatic rings. The van der Waals surface area contributed by atoms with Gasteiger partial charge in [0.15, 0.2) is 0 Å². The average molecular weight is 416 g/mol. The van der Waals surface area contributed by atoms with E-state index < -0.39 is 17.2 Å². The molecule has 4 rings (SSSR count). The summed E-state index contributed by atoms with van der Waals surface area (Å²) in [5.74, 6) is -1.43. The molecule has 2 heterocycles. The molecule has 2 fully saturated rings. The van der Waals surface area contributed by atoms with Gasteiger partial charge in [0, 0.05) is 35.2 Å². The van der Waals surface area contributed by atoms with Crippen molar-refractivity contribution in [2.45, 2.75) is 70.5 Å². The van der Waals surface area contributed by atoms with Crippen molar-refractivity contribution in [2.24, 2.45) is 5.92 Å². The minimum absolute atomic E-state index is 0.00964. The Balaban J connectivity index is 1.66. The molecular weight excluding hydrogens is 385 g/mol. The third-order valence-corrected chi connectivity index (χ3v) is 6.15. The Bertz CT molecular complexity index is 1050. The summed E-state index contributed by atoms with van der Waals surface area (Å²) in [6.45, 7) is 9.38. The quantitative estimate of drug-likeness (QED) is 0.684. The maximum Gasteiger partial charge on any atom is 0.341 e. The van der Waals surface area contributed by atoms with E-state index >= 15 is 0 Å². The van der Waals surface area contributed by atoms with Crippen molar-refractivity contribution < 1.29 is 14.3 Å². The summed E-state index contributed by atoms with van der Waals surface area (Å²) in [5, 5.41) is 16.4. The van der Waals surface area contributed by atoms with Crippen LogP contribution in [0.1, 0.15) is 69.8 Å². The minimum atomic E-state index is -1.28. The highest BCUT2D eigenvalue weighted by molar-refractivity contribution is 5.93. The summed E-state index contributed by atoms with van der Waals surface area (Å²) in [6.07, 6.45) is 5.22. The van der Waals surface area contributed by atoms with Crippen LogP contribution in [0.4, 0.5) is 10.1 Å². The molecule has 3 N–H and O–H groups in total. The highest BCUT2D eigenvalue weighted by Gasteiger charge is 2.37. The predicted octanol–water partition coefficient (Wildman–Crippen LogP) is 4.14. The topological polar surface area (TPSA) is 83.4 Å². The third kappa shape index (κ3) is 4.08. The molecular formula is C23H30FN3O3. The first-order valence-electron chi connectivity index (χ1n) is 10.6. The number of nitrogens with one attached hydrogen (secondary N) is 2. The van der Waals surface area contributed by atoms with Crippen molar-refractivity contribution in [2.75, 3.05) is 11.9 Å². The van der Waals surface area contributed by atoms with E-state index in [0.717, 1.165) is 25.7 Å². The lowest BCUT2D eigenvalue weighted by Gasteiger charge is -2.46. The summed E-state index contributed by atoms with van der Waals surface area (Å²) in [6, 6.07) is 3.00. The maximum absolute atomic E-state index is 14.9. The number of fused-ring (bicyclic) bond motifs is 1. The van der Waals surface area contributed by atoms with Gasteiger partial charge in [-0.25, -0.2) is 9.18 Å². The Labute approximate surface area is 175 Å². The minimum Gasteiger partial charge on any atom is -0.477 e. The number of benzene rings is 1. The third-order valence-electron chi connectivity index (χ3n) is 6.15. The molecule has 1 aliphatic carbocycles. The van der Waals surface area contributed by atoms with Gasteiger partial charge in [-0.3, -0.25) is 4.79 Å². The first-order chi connectivity index (χ1) is 14.0. The maximum atomic E-state index is 14.9. The molecule has 0 unspecified atom stereocenters. The molecule has 2 aliphatic rings. The van der Waals surface area contributed by atoms with Crippen LogP contribution in [0.15, 0.2) is 23.1 Å². The van der Waals surface area contributed by atoms with Gasteiger partial charge in [0.05, 0.1) is 11.2 Å². The number of carbonyl (C=O) groups is 1. The van der Waals surface area contributed by atoms with Crippen LogP contribution >= 0.6 is 0 Å². The Hall–Kier alpha value is -2.41. The summed E-state index contributed by atoms with van der Waals surface area (Å²) in [4.78, 5) is 24.1. The number of aromatic nitrogens is 1. The fourth-order valence-corrected chi connectivity index (χ4v) is 5.24. The second kappa shape index (κ2) is 7.08. The number of carboxylic acid groups (broad SMARTS) is 1. The van der Waals surface area contributed by atoms with Gasteiger partial charge in [0.25, 0.3) is 0 Å². The monoisotopic (exact) mass is 415 g/mol. The number of carboxylic acids is 1. The van der Waals surface area contributed by atoms with Crippen LogP contribution in [-0.2, 0) is 0 Å². The number of pyridine rings is 1. The summed E-state index contributed by atoms with van der Waals surface area (Å²) >= 11 is 0. The van der Waals surface area contributed by atoms with Crippen LogP contribution in [0.2, 0.25) is 0 Å². The molecule has 30 heavy (non-hydrogen) atoms. The SMILES string of the molecule is CC1(C)CC(CNc2cc3c(cc2F)c(=O)c(C(=O)O)cn3C2CC2)CC(C)(C)N1. The Morgan fingerprint density at radius 2 is 1.87 bits per heavy atom. The standard InChI is InChI=1S/C23H30FN3O3/c1-22(2)9-13(10-23(3,4)26-22)11-25-18-8-19-15(7-17(18)24)20(28)16(21(29)30)12-27(19)14-5-6-14/h7-8,12-14,25-26H,5-6,9-11H2,1-4H3,(H,29,30). The Kier molecular flexibility index (Phi) is 4.92. The molecule has 1 saturated carbocycles. The molecule has 0 amide bonds. The normalized spacial score (nSPS) is 21.0. The summed E-state index contributed by atoms with van der Waals surface area (Å²) in [5.41, 5.74) is 0.0112. The van der Waals surface area contributed by atoms with Gasteiger partial charge in [-0.2, -0.15) is 0 Å². The molecule has 1 aromatic carbocycles. The number of nitrogens with zero attached hydrogens (tertiary/aromatic N) is 1. The van der Waals surface area contributed by atoms with Crippen LogP contribution in [0.3, 0.4) is 0 Å². The molecule has 1 aliphatic heterocycles. The van der Waals surface area contributed by atoms with Crippen LogP contribution in [0.5, 0.6) is 0 Å². The zero-order valence-corrected chi connectivity index (χ0v) is 18.0. The van der Waals surface area contributed by atoms with Crippen molar-refractivity contribution in [1.82, 2.24) is 9.88 Å². The Morgan fingerprint density at radius 1 is 1.23 bits per heavy atom. The van der Waals surface area contributed by atoms with Gasteiger partial charge >= 0.3 is 5.97 Å². The van der Waals surface area contributed by atoms with E-state index in [-0.39, 0.29) is 28.1 Å². The molecule has 162 valence electrons. The second-order valence-electron chi connectivity index (χ2n) is 10.2. The lowest BCUT2D eigenvalue weighted by atomic mass is 9.76. The van der Waals surface area contributed by atoms with Crippen molar-refractivity contribution >= 4 is 22.6 Å². The van der Waals surface area contributed by atoms with Crippen molar-refractivity contribution in [3.63, 3.8) is 0 Å². The van der Waals surface area contributed by atoms with Gasteiger partial charge in [0.1, 0.15) is 11.4 Å². The fourth-order valence-electron chi connectivity index (χ4n) is 5.24. The lowest BCUT2D eigenvalue weighted by Crippen LogP contribution is -2.58.